The molecule has 0 bridgehead atoms. The summed E-state index contributed by atoms with van der Waals surface area (Å²) >= 11 is 0. The van der Waals surface area contributed by atoms with E-state index in [1.54, 1.807) is 18.2 Å². The molecule has 188 valence electrons. The fourth-order valence-electron chi connectivity index (χ4n) is 5.27. The summed E-state index contributed by atoms with van der Waals surface area (Å²) in [7, 11) is 0. The molecular weight excluding hydrogens is 452 g/mol. The van der Waals surface area contributed by atoms with E-state index >= 15 is 0 Å². The molecule has 2 aromatic carbocycles. The van der Waals surface area contributed by atoms with Crippen LogP contribution in [0.25, 0.3) is 0 Å². The second kappa shape index (κ2) is 10.9. The Morgan fingerprint density at radius 3 is 2.50 bits per heavy atom. The zero-order valence-electron chi connectivity index (χ0n) is 21.2. The van der Waals surface area contributed by atoms with E-state index in [0.29, 0.717) is 40.8 Å². The number of hydrogen-bond donors (Lipinski definition) is 2. The molecule has 0 radical (unpaired) electrons. The lowest BCUT2D eigenvalue weighted by Gasteiger charge is -2.37. The number of unbranched alkanes of at least 4 members (excludes halogenated alkanes) is 1. The first kappa shape index (κ1) is 25.4. The minimum atomic E-state index is -0.629. The van der Waals surface area contributed by atoms with Crippen LogP contribution in [-0.2, 0) is 14.3 Å². The average Bonchev–Trinajstić information content (AvgIpc) is 2.87. The van der Waals surface area contributed by atoms with Gasteiger partial charge in [-0.2, -0.15) is 0 Å². The topological polar surface area (TPSA) is 98.5 Å². The van der Waals surface area contributed by atoms with E-state index in [2.05, 4.69) is 12.2 Å². The maximum atomic E-state index is 13.7. The number of rotatable bonds is 8. The van der Waals surface area contributed by atoms with Crippen molar-refractivity contribution in [3.05, 3.63) is 93.8 Å². The molecule has 4 rings (SSSR count). The Morgan fingerprint density at radius 2 is 1.81 bits per heavy atom. The number of carbonyl (C=O) groups excluding carboxylic acids is 3. The molecule has 0 saturated carbocycles. The van der Waals surface area contributed by atoms with Crippen molar-refractivity contribution in [2.24, 2.45) is 5.73 Å². The first-order valence-corrected chi connectivity index (χ1v) is 12.7. The number of nitrogens with one attached hydrogen (secondary N) is 1. The quantitative estimate of drug-likeness (QED) is 0.496. The molecule has 1 heterocycles. The smallest absolute Gasteiger partial charge is 0.337 e. The molecule has 0 spiro atoms. The standard InChI is InChI=1S/C30H34N2O4/c1-4-5-10-18(2)36-30(35)26-19(3)32-24-16-23(20-11-7-6-8-12-20)17-25(33)28(24)27(26)21-13-9-14-22(15-21)29(31)34/h6-9,11-15,18,23,27,32H,4-5,10,16-17H2,1-3H3,(H2,31,34). The van der Waals surface area contributed by atoms with Gasteiger partial charge in [0.05, 0.1) is 11.7 Å². The Morgan fingerprint density at radius 1 is 1.08 bits per heavy atom. The van der Waals surface area contributed by atoms with Gasteiger partial charge in [0.15, 0.2) is 5.78 Å². The van der Waals surface area contributed by atoms with Gasteiger partial charge in [-0.25, -0.2) is 4.79 Å². The number of esters is 1. The third-order valence-electron chi connectivity index (χ3n) is 7.10. The predicted octanol–water partition coefficient (Wildman–Crippen LogP) is 5.27. The van der Waals surface area contributed by atoms with Crippen molar-refractivity contribution in [3.63, 3.8) is 0 Å². The molecule has 36 heavy (non-hydrogen) atoms. The highest BCUT2D eigenvalue weighted by Gasteiger charge is 2.41. The van der Waals surface area contributed by atoms with Gasteiger partial charge >= 0.3 is 5.97 Å². The van der Waals surface area contributed by atoms with Gasteiger partial charge in [0.2, 0.25) is 5.91 Å². The highest BCUT2D eigenvalue weighted by atomic mass is 16.5. The predicted molar refractivity (Wildman–Crippen MR) is 139 cm³/mol. The Bertz CT molecular complexity index is 1230. The van der Waals surface area contributed by atoms with E-state index in [4.69, 9.17) is 10.5 Å². The summed E-state index contributed by atoms with van der Waals surface area (Å²) < 4.78 is 5.83. The maximum Gasteiger partial charge on any atom is 0.337 e. The fourth-order valence-corrected chi connectivity index (χ4v) is 5.27. The van der Waals surface area contributed by atoms with Crippen LogP contribution in [0.3, 0.4) is 0 Å². The molecule has 1 aliphatic carbocycles. The number of primary amides is 1. The monoisotopic (exact) mass is 486 g/mol. The summed E-state index contributed by atoms with van der Waals surface area (Å²) in [6.45, 7) is 5.83. The molecule has 2 aliphatic rings. The molecule has 6 heteroatoms. The lowest BCUT2D eigenvalue weighted by atomic mass is 9.71. The molecule has 1 amide bonds. The summed E-state index contributed by atoms with van der Waals surface area (Å²) in [6.07, 6.45) is 3.52. The van der Waals surface area contributed by atoms with Crippen molar-refractivity contribution in [2.75, 3.05) is 0 Å². The molecule has 2 aromatic rings. The Labute approximate surface area is 212 Å². The minimum Gasteiger partial charge on any atom is -0.459 e. The lowest BCUT2D eigenvalue weighted by molar-refractivity contribution is -0.144. The number of nitrogens with two attached hydrogens (primary N) is 1. The molecule has 0 fully saturated rings. The first-order chi connectivity index (χ1) is 17.3. The number of allylic oxidation sites excluding steroid dienone is 3. The van der Waals surface area contributed by atoms with Crippen LogP contribution in [0.15, 0.2) is 77.1 Å². The van der Waals surface area contributed by atoms with Gasteiger partial charge < -0.3 is 15.8 Å². The van der Waals surface area contributed by atoms with Crippen molar-refractivity contribution in [1.82, 2.24) is 5.32 Å². The molecule has 3 N–H and O–H groups in total. The van der Waals surface area contributed by atoms with Gasteiger partial charge in [-0.3, -0.25) is 9.59 Å². The van der Waals surface area contributed by atoms with Crippen LogP contribution in [0, 0.1) is 0 Å². The van der Waals surface area contributed by atoms with Crippen LogP contribution in [-0.4, -0.2) is 23.8 Å². The van der Waals surface area contributed by atoms with Crippen molar-refractivity contribution in [2.45, 2.75) is 70.8 Å². The Hall–Kier alpha value is -3.67. The van der Waals surface area contributed by atoms with Crippen LogP contribution < -0.4 is 11.1 Å². The van der Waals surface area contributed by atoms with E-state index in [-0.39, 0.29) is 17.8 Å². The lowest BCUT2D eigenvalue weighted by Crippen LogP contribution is -2.36. The van der Waals surface area contributed by atoms with E-state index in [1.165, 1.54) is 0 Å². The molecule has 3 unspecified atom stereocenters. The second-order valence-electron chi connectivity index (χ2n) is 9.78. The molecule has 0 aromatic heterocycles. The highest BCUT2D eigenvalue weighted by Crippen LogP contribution is 2.46. The van der Waals surface area contributed by atoms with Crippen molar-refractivity contribution in [3.8, 4) is 0 Å². The summed E-state index contributed by atoms with van der Waals surface area (Å²) in [4.78, 5) is 39.1. The third-order valence-corrected chi connectivity index (χ3v) is 7.10. The molecular formula is C30H34N2O4. The zero-order chi connectivity index (χ0) is 25.8. The van der Waals surface area contributed by atoms with Gasteiger partial charge in [-0.1, -0.05) is 62.2 Å². The zero-order valence-corrected chi connectivity index (χ0v) is 21.2. The van der Waals surface area contributed by atoms with Crippen molar-refractivity contribution < 1.29 is 19.1 Å². The summed E-state index contributed by atoms with van der Waals surface area (Å²) in [5.74, 6) is -1.59. The summed E-state index contributed by atoms with van der Waals surface area (Å²) in [5.41, 5.74) is 10.1. The normalized spacial score (nSPS) is 20.5. The minimum absolute atomic E-state index is 0.0103. The van der Waals surface area contributed by atoms with Crippen molar-refractivity contribution in [1.29, 1.82) is 0 Å². The van der Waals surface area contributed by atoms with Crippen LogP contribution >= 0.6 is 0 Å². The van der Waals surface area contributed by atoms with Crippen molar-refractivity contribution >= 4 is 17.7 Å². The third kappa shape index (κ3) is 5.27. The van der Waals surface area contributed by atoms with Crippen LogP contribution in [0.1, 0.15) is 86.2 Å². The number of dihydropyridines is 1. The average molecular weight is 487 g/mol. The molecule has 1 aliphatic heterocycles. The SMILES string of the molecule is CCCCC(C)OC(=O)C1=C(C)NC2=C(C(=O)CC(c3ccccc3)C2)C1c1cccc(C(N)=O)c1. The van der Waals surface area contributed by atoms with Crippen LogP contribution in [0.4, 0.5) is 0 Å². The number of carbonyl (C=O) groups is 3. The van der Waals surface area contributed by atoms with Crippen LogP contribution in [0.5, 0.6) is 0 Å². The van der Waals surface area contributed by atoms with E-state index in [1.807, 2.05) is 50.2 Å². The van der Waals surface area contributed by atoms with Gasteiger partial charge in [0.1, 0.15) is 0 Å². The molecule has 6 nitrogen and oxygen atoms in total. The summed E-state index contributed by atoms with van der Waals surface area (Å²) in [5, 5.41) is 3.38. The number of ketones is 1. The Balaban J connectivity index is 1.76. The van der Waals surface area contributed by atoms with Crippen LogP contribution in [0.2, 0.25) is 0 Å². The van der Waals surface area contributed by atoms with E-state index in [9.17, 15) is 14.4 Å². The van der Waals surface area contributed by atoms with E-state index < -0.39 is 17.8 Å². The maximum absolute atomic E-state index is 13.7. The van der Waals surface area contributed by atoms with E-state index in [0.717, 1.165) is 30.5 Å². The number of ether oxygens (including phenoxy) is 1. The van der Waals surface area contributed by atoms with Gasteiger partial charge in [-0.05, 0) is 55.9 Å². The van der Waals surface area contributed by atoms with Gasteiger partial charge in [0, 0.05) is 34.9 Å². The number of hydrogen-bond acceptors (Lipinski definition) is 5. The fraction of sp³-hybridized carbons (Fsp3) is 0.367. The summed E-state index contributed by atoms with van der Waals surface area (Å²) in [6, 6.07) is 16.9. The second-order valence-corrected chi connectivity index (χ2v) is 9.78. The number of benzene rings is 2. The molecule has 0 saturated heterocycles. The largest absolute Gasteiger partial charge is 0.459 e. The number of Topliss-reactive ketones (excluding diaryl/α,β-unsaturated/α-hetero) is 1. The number of amides is 1. The first-order valence-electron chi connectivity index (χ1n) is 12.7. The van der Waals surface area contributed by atoms with Gasteiger partial charge in [0.25, 0.3) is 0 Å². The van der Waals surface area contributed by atoms with Gasteiger partial charge in [-0.15, -0.1) is 0 Å². The molecule has 3 atom stereocenters. The highest BCUT2D eigenvalue weighted by molar-refractivity contribution is 6.04. The Kier molecular flexibility index (Phi) is 7.73.